The van der Waals surface area contributed by atoms with Gasteiger partial charge in [-0.2, -0.15) is 5.10 Å². The monoisotopic (exact) mass is 338 g/mol. The molecule has 1 aromatic carbocycles. The predicted molar refractivity (Wildman–Crippen MR) is 81.0 cm³/mol. The van der Waals surface area contributed by atoms with E-state index in [0.29, 0.717) is 23.7 Å². The maximum absolute atomic E-state index is 12.1. The first-order valence-electron chi connectivity index (χ1n) is 6.03. The number of rotatable bonds is 4. The van der Waals surface area contributed by atoms with Gasteiger partial charge in [0.15, 0.2) is 5.69 Å². The van der Waals surface area contributed by atoms with Crippen molar-refractivity contribution in [1.82, 2.24) is 9.78 Å². The molecular weight excluding hydrogens is 324 g/mol. The van der Waals surface area contributed by atoms with Gasteiger partial charge in [0.2, 0.25) is 0 Å². The van der Waals surface area contributed by atoms with Gasteiger partial charge in [-0.05, 0) is 41.1 Å². The number of nitrogens with zero attached hydrogens (tertiary/aromatic N) is 2. The molecule has 0 bridgehead atoms. The van der Waals surface area contributed by atoms with E-state index in [9.17, 15) is 4.79 Å². The molecule has 0 spiro atoms. The number of hydrogen-bond acceptors (Lipinski definition) is 4. The van der Waals surface area contributed by atoms with Crippen molar-refractivity contribution in [2.75, 3.05) is 18.2 Å². The van der Waals surface area contributed by atoms with Gasteiger partial charge in [0, 0.05) is 18.4 Å². The number of amides is 1. The van der Waals surface area contributed by atoms with Crippen molar-refractivity contribution in [2.24, 2.45) is 0 Å². The second kappa shape index (κ2) is 5.96. The van der Waals surface area contributed by atoms with Crippen LogP contribution >= 0.6 is 15.9 Å². The highest BCUT2D eigenvalue weighted by Crippen LogP contribution is 2.28. The van der Waals surface area contributed by atoms with E-state index in [2.05, 4.69) is 26.3 Å². The van der Waals surface area contributed by atoms with Crippen LogP contribution in [0.3, 0.4) is 0 Å². The van der Waals surface area contributed by atoms with Crippen molar-refractivity contribution in [3.8, 4) is 5.75 Å². The molecule has 6 nitrogen and oxygen atoms in total. The zero-order valence-electron chi connectivity index (χ0n) is 11.2. The summed E-state index contributed by atoms with van der Waals surface area (Å²) in [5.74, 6) is 0.351. The quantitative estimate of drug-likeness (QED) is 0.897. The van der Waals surface area contributed by atoms with Crippen LogP contribution in [-0.4, -0.2) is 22.8 Å². The van der Waals surface area contributed by atoms with Crippen LogP contribution in [0.1, 0.15) is 17.4 Å². The molecule has 7 heteroatoms. The molecule has 0 unspecified atom stereocenters. The molecule has 0 saturated heterocycles. The second-order valence-electron chi connectivity index (χ2n) is 4.09. The zero-order valence-corrected chi connectivity index (χ0v) is 12.8. The lowest BCUT2D eigenvalue weighted by Crippen LogP contribution is -2.14. The van der Waals surface area contributed by atoms with E-state index in [-0.39, 0.29) is 11.6 Å². The fourth-order valence-electron chi connectivity index (χ4n) is 1.71. The number of carbonyl (C=O) groups excluding carboxylic acids is 1. The Balaban J connectivity index is 2.18. The summed E-state index contributed by atoms with van der Waals surface area (Å²) in [5.41, 5.74) is 6.99. The Kier molecular flexibility index (Phi) is 4.29. The number of benzene rings is 1. The van der Waals surface area contributed by atoms with Gasteiger partial charge in [0.25, 0.3) is 5.91 Å². The molecule has 1 amide bonds. The molecule has 0 aliphatic rings. The van der Waals surface area contributed by atoms with Crippen molar-refractivity contribution in [3.05, 3.63) is 34.6 Å². The molecule has 3 N–H and O–H groups in total. The van der Waals surface area contributed by atoms with Gasteiger partial charge in [-0.3, -0.25) is 9.48 Å². The maximum Gasteiger partial charge on any atom is 0.278 e. The number of nitrogen functional groups attached to an aromatic ring is 1. The fraction of sp³-hybridized carbons (Fsp3) is 0.231. The fourth-order valence-corrected chi connectivity index (χ4v) is 2.25. The summed E-state index contributed by atoms with van der Waals surface area (Å²) in [4.78, 5) is 12.1. The Morgan fingerprint density at radius 1 is 1.55 bits per heavy atom. The highest BCUT2D eigenvalue weighted by molar-refractivity contribution is 9.10. The molecule has 0 atom stereocenters. The summed E-state index contributed by atoms with van der Waals surface area (Å²) in [5, 5.41) is 6.87. The van der Waals surface area contributed by atoms with Gasteiger partial charge in [-0.15, -0.1) is 0 Å². The molecule has 20 heavy (non-hydrogen) atoms. The van der Waals surface area contributed by atoms with Crippen LogP contribution in [0.2, 0.25) is 0 Å². The van der Waals surface area contributed by atoms with Gasteiger partial charge in [0.1, 0.15) is 5.75 Å². The van der Waals surface area contributed by atoms with Crippen molar-refractivity contribution in [3.63, 3.8) is 0 Å². The molecule has 1 heterocycles. The molecule has 0 radical (unpaired) electrons. The topological polar surface area (TPSA) is 82.2 Å². The first kappa shape index (κ1) is 14.4. The number of halogens is 1. The van der Waals surface area contributed by atoms with E-state index in [1.54, 1.807) is 36.2 Å². The minimum Gasteiger partial charge on any atom is -0.496 e. The average Bonchev–Trinajstić information content (AvgIpc) is 2.80. The standard InChI is InChI=1S/C13H15BrN4O2/c1-3-18-7-10(15)12(17-18)13(19)16-8-4-5-11(20-2)9(14)6-8/h4-7H,3,15H2,1-2H3,(H,16,19). The van der Waals surface area contributed by atoms with Crippen LogP contribution < -0.4 is 15.8 Å². The molecule has 2 rings (SSSR count). The number of methoxy groups -OCH3 is 1. The van der Waals surface area contributed by atoms with Crippen LogP contribution in [0.25, 0.3) is 0 Å². The molecule has 0 saturated carbocycles. The van der Waals surface area contributed by atoms with E-state index in [1.165, 1.54) is 0 Å². The minimum atomic E-state index is -0.341. The Hall–Kier alpha value is -2.02. The first-order chi connectivity index (χ1) is 9.55. The average molecular weight is 339 g/mol. The number of aromatic nitrogens is 2. The lowest BCUT2D eigenvalue weighted by molar-refractivity contribution is 0.102. The second-order valence-corrected chi connectivity index (χ2v) is 4.95. The third kappa shape index (κ3) is 2.93. The number of nitrogens with one attached hydrogen (secondary N) is 1. The predicted octanol–water partition coefficient (Wildman–Crippen LogP) is 2.51. The normalized spacial score (nSPS) is 10.3. The number of ether oxygens (including phenoxy) is 1. The molecule has 0 aliphatic heterocycles. The number of hydrogen-bond donors (Lipinski definition) is 2. The third-order valence-corrected chi connectivity index (χ3v) is 3.36. The van der Waals surface area contributed by atoms with Gasteiger partial charge >= 0.3 is 0 Å². The Morgan fingerprint density at radius 2 is 2.30 bits per heavy atom. The van der Waals surface area contributed by atoms with Crippen molar-refractivity contribution in [2.45, 2.75) is 13.5 Å². The smallest absolute Gasteiger partial charge is 0.278 e. The third-order valence-electron chi connectivity index (χ3n) is 2.74. The number of nitrogens with two attached hydrogens (primary N) is 1. The maximum atomic E-state index is 12.1. The Labute approximate surface area is 125 Å². The zero-order chi connectivity index (χ0) is 14.7. The first-order valence-corrected chi connectivity index (χ1v) is 6.82. The van der Waals surface area contributed by atoms with Gasteiger partial charge in [-0.1, -0.05) is 0 Å². The van der Waals surface area contributed by atoms with Crippen molar-refractivity contribution in [1.29, 1.82) is 0 Å². The van der Waals surface area contributed by atoms with Crippen LogP contribution in [0.4, 0.5) is 11.4 Å². The molecule has 1 aromatic heterocycles. The lowest BCUT2D eigenvalue weighted by atomic mass is 10.3. The number of carbonyl (C=O) groups is 1. The van der Waals surface area contributed by atoms with E-state index in [0.717, 1.165) is 4.47 Å². The van der Waals surface area contributed by atoms with Gasteiger partial charge in [0.05, 0.1) is 17.3 Å². The van der Waals surface area contributed by atoms with Crippen LogP contribution in [0, 0.1) is 0 Å². The summed E-state index contributed by atoms with van der Waals surface area (Å²) in [6.07, 6.45) is 1.64. The van der Waals surface area contributed by atoms with E-state index < -0.39 is 0 Å². The van der Waals surface area contributed by atoms with Crippen LogP contribution in [0.15, 0.2) is 28.9 Å². The molecule has 106 valence electrons. The molecule has 0 fully saturated rings. The van der Waals surface area contributed by atoms with E-state index >= 15 is 0 Å². The van der Waals surface area contributed by atoms with Crippen molar-refractivity contribution < 1.29 is 9.53 Å². The molecular formula is C13H15BrN4O2. The molecule has 0 aliphatic carbocycles. The molecule has 2 aromatic rings. The summed E-state index contributed by atoms with van der Waals surface area (Å²) in [6.45, 7) is 2.58. The number of aryl methyl sites for hydroxylation is 1. The summed E-state index contributed by atoms with van der Waals surface area (Å²) in [6, 6.07) is 5.26. The highest BCUT2D eigenvalue weighted by Gasteiger charge is 2.15. The number of anilines is 2. The SMILES string of the molecule is CCn1cc(N)c(C(=O)Nc2ccc(OC)c(Br)c2)n1. The summed E-state index contributed by atoms with van der Waals surface area (Å²) in [7, 11) is 1.58. The van der Waals surface area contributed by atoms with Gasteiger partial charge < -0.3 is 15.8 Å². The van der Waals surface area contributed by atoms with Crippen molar-refractivity contribution >= 4 is 33.2 Å². The highest BCUT2D eigenvalue weighted by atomic mass is 79.9. The summed E-state index contributed by atoms with van der Waals surface area (Å²) >= 11 is 3.36. The van der Waals surface area contributed by atoms with Crippen LogP contribution in [0.5, 0.6) is 5.75 Å². The van der Waals surface area contributed by atoms with Gasteiger partial charge in [-0.25, -0.2) is 0 Å². The minimum absolute atomic E-state index is 0.221. The van der Waals surface area contributed by atoms with E-state index in [1.807, 2.05) is 6.92 Å². The Bertz CT molecular complexity index is 639. The van der Waals surface area contributed by atoms with E-state index in [4.69, 9.17) is 10.5 Å². The largest absolute Gasteiger partial charge is 0.496 e. The Morgan fingerprint density at radius 3 is 2.85 bits per heavy atom. The van der Waals surface area contributed by atoms with Crippen LogP contribution in [-0.2, 0) is 6.54 Å². The summed E-state index contributed by atoms with van der Waals surface area (Å²) < 4.78 is 7.51. The lowest BCUT2D eigenvalue weighted by Gasteiger charge is -2.07.